The number of carbonyl (C=O) groups is 3. The van der Waals surface area contributed by atoms with Crippen LogP contribution >= 0.6 is 0 Å². The average molecular weight is 298 g/mol. The number of rotatable bonds is 6. The number of nitrogens with one attached hydrogen (secondary N) is 1. The number of carbonyl (C=O) groups excluding carboxylic acids is 3. The number of amides is 1. The first-order valence-electron chi connectivity index (χ1n) is 7.96. The molecule has 1 atom stereocenters. The van der Waals surface area contributed by atoms with Crippen LogP contribution in [-0.4, -0.2) is 38.1 Å². The molecular weight excluding hydrogens is 276 g/mol. The molecule has 7 heteroatoms. The number of hydrogen-bond donors (Lipinski definition) is 2. The van der Waals surface area contributed by atoms with Crippen molar-refractivity contribution in [3.8, 4) is 0 Å². The minimum atomic E-state index is -1.23. The summed E-state index contributed by atoms with van der Waals surface area (Å²) in [6, 6.07) is -3.61. The first kappa shape index (κ1) is 11.1. The number of esters is 2. The van der Waals surface area contributed by atoms with Crippen molar-refractivity contribution in [3.63, 3.8) is 0 Å². The van der Waals surface area contributed by atoms with Crippen LogP contribution in [0.3, 0.4) is 0 Å². The van der Waals surface area contributed by atoms with Gasteiger partial charge in [-0.1, -0.05) is 0 Å². The predicted molar refractivity (Wildman–Crippen MR) is 75.4 cm³/mol. The van der Waals surface area contributed by atoms with E-state index < -0.39 is 53.6 Å². The Labute approximate surface area is 128 Å². The second kappa shape index (κ2) is 7.88. The third-order valence-electron chi connectivity index (χ3n) is 2.53. The Morgan fingerprint density at radius 1 is 1.24 bits per heavy atom. The zero-order valence-electron chi connectivity index (χ0n) is 15.6. The third-order valence-corrected chi connectivity index (χ3v) is 2.53. The van der Waals surface area contributed by atoms with E-state index in [1.165, 1.54) is 7.11 Å². The highest BCUT2D eigenvalue weighted by Crippen LogP contribution is 2.07. The number of anilines is 1. The summed E-state index contributed by atoms with van der Waals surface area (Å²) >= 11 is 0. The lowest BCUT2D eigenvalue weighted by molar-refractivity contribution is -0.144. The van der Waals surface area contributed by atoms with Crippen LogP contribution in [0.1, 0.15) is 28.7 Å². The van der Waals surface area contributed by atoms with Gasteiger partial charge in [-0.15, -0.1) is 0 Å². The molecule has 0 aromatic heterocycles. The van der Waals surface area contributed by atoms with Gasteiger partial charge in [0.25, 0.3) is 5.91 Å². The van der Waals surface area contributed by atoms with Crippen molar-refractivity contribution in [3.05, 3.63) is 29.7 Å². The molecule has 0 aliphatic rings. The van der Waals surface area contributed by atoms with E-state index in [0.29, 0.717) is 0 Å². The minimum Gasteiger partial charge on any atom is -0.469 e. The summed E-state index contributed by atoms with van der Waals surface area (Å²) in [5.74, 6) is -2.44. The highest BCUT2D eigenvalue weighted by Gasteiger charge is 2.23. The van der Waals surface area contributed by atoms with Gasteiger partial charge in [-0.25, -0.2) is 4.79 Å². The van der Waals surface area contributed by atoms with E-state index in [4.69, 9.17) is 11.2 Å². The maximum atomic E-state index is 12.4. The summed E-state index contributed by atoms with van der Waals surface area (Å²) in [6.45, 7) is 0. The zero-order chi connectivity index (χ0) is 19.3. The maximum absolute atomic E-state index is 12.4. The van der Waals surface area contributed by atoms with E-state index in [1.807, 2.05) is 0 Å². The highest BCUT2D eigenvalue weighted by molar-refractivity contribution is 5.97. The summed E-state index contributed by atoms with van der Waals surface area (Å²) in [4.78, 5) is 35.3. The van der Waals surface area contributed by atoms with Crippen LogP contribution in [-0.2, 0) is 19.1 Å². The van der Waals surface area contributed by atoms with Gasteiger partial charge in [0.05, 0.1) is 19.7 Å². The molecule has 1 rings (SSSR count). The molecule has 1 aromatic rings. The number of nitrogens with two attached hydrogens (primary N) is 1. The number of nitrogen functional groups attached to an aromatic ring is 1. The fourth-order valence-corrected chi connectivity index (χ4v) is 1.42. The first-order valence-corrected chi connectivity index (χ1v) is 5.96. The fraction of sp³-hybridized carbons (Fsp3) is 0.357. The molecular formula is C14H18N2O5. The molecule has 0 saturated carbocycles. The zero-order valence-corrected chi connectivity index (χ0v) is 11.6. The normalized spacial score (nSPS) is 14.0. The average Bonchev–Trinajstić information content (AvgIpc) is 2.60. The topological polar surface area (TPSA) is 108 Å². The van der Waals surface area contributed by atoms with Crippen LogP contribution in [0.15, 0.2) is 24.2 Å². The Bertz CT molecular complexity index is 682. The van der Waals surface area contributed by atoms with Gasteiger partial charge in [-0.3, -0.25) is 9.59 Å². The van der Waals surface area contributed by atoms with Gasteiger partial charge in [0.1, 0.15) is 6.04 Å². The number of benzene rings is 1. The van der Waals surface area contributed by atoms with Crippen molar-refractivity contribution in [1.82, 2.24) is 5.32 Å². The van der Waals surface area contributed by atoms with E-state index in [1.54, 1.807) is 0 Å². The van der Waals surface area contributed by atoms with Crippen LogP contribution < -0.4 is 11.1 Å². The molecule has 0 aliphatic heterocycles. The molecule has 0 spiro atoms. The van der Waals surface area contributed by atoms with Gasteiger partial charge in [0.2, 0.25) is 0 Å². The van der Waals surface area contributed by atoms with Gasteiger partial charge in [-0.05, 0) is 30.6 Å². The smallest absolute Gasteiger partial charge is 0.328 e. The van der Waals surface area contributed by atoms with Gasteiger partial charge < -0.3 is 20.5 Å². The van der Waals surface area contributed by atoms with Crippen LogP contribution in [0.25, 0.3) is 0 Å². The quantitative estimate of drug-likeness (QED) is 0.584. The highest BCUT2D eigenvalue weighted by atomic mass is 16.5. The van der Waals surface area contributed by atoms with Crippen molar-refractivity contribution in [2.75, 3.05) is 20.0 Å². The van der Waals surface area contributed by atoms with Gasteiger partial charge in [0, 0.05) is 17.7 Å². The molecule has 0 unspecified atom stereocenters. The van der Waals surface area contributed by atoms with Crippen LogP contribution in [0.2, 0.25) is 0 Å². The summed E-state index contributed by atoms with van der Waals surface area (Å²) in [5, 5.41) is 2.25. The van der Waals surface area contributed by atoms with Crippen molar-refractivity contribution in [2.45, 2.75) is 18.9 Å². The van der Waals surface area contributed by atoms with Crippen LogP contribution in [0, 0.1) is 0 Å². The van der Waals surface area contributed by atoms with Crippen molar-refractivity contribution in [1.29, 1.82) is 0 Å². The van der Waals surface area contributed by atoms with Gasteiger partial charge >= 0.3 is 11.9 Å². The summed E-state index contributed by atoms with van der Waals surface area (Å²) in [7, 11) is 2.27. The lowest BCUT2D eigenvalue weighted by Crippen LogP contribution is -2.41. The van der Waals surface area contributed by atoms with Crippen molar-refractivity contribution >= 4 is 23.5 Å². The molecule has 0 radical (unpaired) electrons. The van der Waals surface area contributed by atoms with E-state index >= 15 is 0 Å². The van der Waals surface area contributed by atoms with E-state index in [0.717, 1.165) is 7.11 Å². The monoisotopic (exact) mass is 298 g/mol. The van der Waals surface area contributed by atoms with E-state index in [9.17, 15) is 14.4 Å². The Morgan fingerprint density at radius 2 is 1.86 bits per heavy atom. The minimum absolute atomic E-state index is 0.123. The van der Waals surface area contributed by atoms with E-state index in [-0.39, 0.29) is 18.5 Å². The molecule has 0 bridgehead atoms. The predicted octanol–water partition coefficient (Wildman–Crippen LogP) is 0.493. The second-order valence-electron chi connectivity index (χ2n) is 3.95. The summed E-state index contributed by atoms with van der Waals surface area (Å²) in [6.07, 6.45) is -0.296. The van der Waals surface area contributed by atoms with E-state index in [2.05, 4.69) is 14.8 Å². The molecule has 114 valence electrons. The maximum Gasteiger partial charge on any atom is 0.328 e. The molecule has 0 aliphatic carbocycles. The SMILES string of the molecule is [2H]c1c([2H])c(C(=O)N[C@@H](CCC(=O)OC)C(=O)OC)c([2H])c([2H])c1N. The molecule has 1 amide bonds. The molecule has 0 heterocycles. The Balaban J connectivity index is 3.13. The van der Waals surface area contributed by atoms with Crippen LogP contribution in [0.4, 0.5) is 5.69 Å². The molecule has 3 N–H and O–H groups in total. The first-order chi connectivity index (χ1) is 11.6. The van der Waals surface area contributed by atoms with Crippen molar-refractivity contribution in [2.24, 2.45) is 0 Å². The lowest BCUT2D eigenvalue weighted by atomic mass is 10.1. The summed E-state index contributed by atoms with van der Waals surface area (Å²) in [5.41, 5.74) is 4.50. The molecule has 1 aromatic carbocycles. The largest absolute Gasteiger partial charge is 0.469 e. The fourth-order valence-electron chi connectivity index (χ4n) is 1.42. The molecule has 0 fully saturated rings. The Morgan fingerprint density at radius 3 is 2.38 bits per heavy atom. The van der Waals surface area contributed by atoms with Gasteiger partial charge in [0.15, 0.2) is 0 Å². The summed E-state index contributed by atoms with van der Waals surface area (Å²) < 4.78 is 39.8. The Hall–Kier alpha value is -2.57. The number of ether oxygens (including phenoxy) is 2. The van der Waals surface area contributed by atoms with Crippen LogP contribution in [0.5, 0.6) is 0 Å². The Kier molecular flexibility index (Phi) is 4.18. The molecule has 0 saturated heterocycles. The molecule has 7 nitrogen and oxygen atoms in total. The van der Waals surface area contributed by atoms with Crippen molar-refractivity contribution < 1.29 is 29.3 Å². The standard InChI is InChI=1S/C14H18N2O5/c1-20-12(17)8-7-11(14(19)21-2)16-13(18)9-3-5-10(15)6-4-9/h3-6,11H,7-8,15H2,1-2H3,(H,16,18)/t11-/m0/s1/i3D,4D,5D,6D. The lowest BCUT2D eigenvalue weighted by Gasteiger charge is -2.16. The molecule has 21 heavy (non-hydrogen) atoms. The van der Waals surface area contributed by atoms with Gasteiger partial charge in [-0.2, -0.15) is 0 Å². The number of hydrogen-bond acceptors (Lipinski definition) is 6. The third kappa shape index (κ3) is 5.13. The second-order valence-corrected chi connectivity index (χ2v) is 3.95. The number of methoxy groups -OCH3 is 2.